The van der Waals surface area contributed by atoms with Gasteiger partial charge in [-0.25, -0.2) is 4.99 Å². The molecule has 0 aromatic carbocycles. The van der Waals surface area contributed by atoms with Crippen molar-refractivity contribution in [3.63, 3.8) is 0 Å². The number of likely N-dealkylation sites (tertiary alicyclic amines) is 1. The van der Waals surface area contributed by atoms with Crippen molar-refractivity contribution in [2.75, 3.05) is 33.7 Å². The molecule has 0 aromatic heterocycles. The van der Waals surface area contributed by atoms with E-state index in [-0.39, 0.29) is 12.5 Å². The van der Waals surface area contributed by atoms with E-state index in [1.807, 2.05) is 0 Å². The molecule has 5 nitrogen and oxygen atoms in total. The summed E-state index contributed by atoms with van der Waals surface area (Å²) in [6.45, 7) is 4.69. The van der Waals surface area contributed by atoms with Crippen molar-refractivity contribution in [3.05, 3.63) is 0 Å². The van der Waals surface area contributed by atoms with Crippen molar-refractivity contribution in [1.29, 1.82) is 0 Å². The van der Waals surface area contributed by atoms with Crippen molar-refractivity contribution in [3.8, 4) is 0 Å². The number of carbonyl (C=O) groups excluding carboxylic acids is 1. The second kappa shape index (κ2) is 6.09. The number of nitrogens with zero attached hydrogens (tertiary/aromatic N) is 3. The molecular weight excluding hydrogens is 276 g/mol. The van der Waals surface area contributed by atoms with Crippen LogP contribution < -0.4 is 5.32 Å². The molecule has 3 aliphatic rings. The van der Waals surface area contributed by atoms with Gasteiger partial charge in [-0.15, -0.1) is 0 Å². The van der Waals surface area contributed by atoms with E-state index in [0.717, 1.165) is 25.0 Å². The van der Waals surface area contributed by atoms with Crippen molar-refractivity contribution in [2.45, 2.75) is 51.5 Å². The summed E-state index contributed by atoms with van der Waals surface area (Å²) in [4.78, 5) is 20.5. The number of amides is 1. The number of guanidine groups is 1. The van der Waals surface area contributed by atoms with Crippen LogP contribution in [0.15, 0.2) is 4.99 Å². The Balaban J connectivity index is 1.65. The maximum atomic E-state index is 11.9. The summed E-state index contributed by atoms with van der Waals surface area (Å²) in [6.07, 6.45) is 8.04. The van der Waals surface area contributed by atoms with Gasteiger partial charge in [0.15, 0.2) is 5.96 Å². The minimum atomic E-state index is 0.0657. The Kier molecular flexibility index (Phi) is 4.33. The Bertz CT molecular complexity index is 452. The van der Waals surface area contributed by atoms with Crippen LogP contribution in [0.3, 0.4) is 0 Å². The fraction of sp³-hybridized carbons (Fsp3) is 0.882. The fourth-order valence-electron chi connectivity index (χ4n) is 3.64. The van der Waals surface area contributed by atoms with Crippen LogP contribution in [0.1, 0.15) is 45.4 Å². The lowest BCUT2D eigenvalue weighted by molar-refractivity contribution is -0.127. The highest BCUT2D eigenvalue weighted by molar-refractivity contribution is 5.85. The molecule has 1 spiro atoms. The summed E-state index contributed by atoms with van der Waals surface area (Å²) in [6, 6.07) is 0.464. The van der Waals surface area contributed by atoms with Crippen LogP contribution in [0.25, 0.3) is 0 Å². The minimum Gasteiger partial charge on any atom is -0.353 e. The van der Waals surface area contributed by atoms with Gasteiger partial charge in [0, 0.05) is 33.2 Å². The topological polar surface area (TPSA) is 47.9 Å². The first-order chi connectivity index (χ1) is 10.5. The number of aliphatic imine (C=N–C) groups is 1. The number of nitrogens with one attached hydrogen (secondary N) is 1. The van der Waals surface area contributed by atoms with Crippen molar-refractivity contribution in [1.82, 2.24) is 15.1 Å². The van der Waals surface area contributed by atoms with E-state index in [9.17, 15) is 4.79 Å². The second-order valence-corrected chi connectivity index (χ2v) is 7.72. The summed E-state index contributed by atoms with van der Waals surface area (Å²) in [7, 11) is 3.58. The predicted molar refractivity (Wildman–Crippen MR) is 88.8 cm³/mol. The molecule has 2 aliphatic carbocycles. The Morgan fingerprint density at radius 3 is 2.59 bits per heavy atom. The van der Waals surface area contributed by atoms with E-state index in [1.165, 1.54) is 38.5 Å². The Hall–Kier alpha value is -1.26. The van der Waals surface area contributed by atoms with Crippen LogP contribution in [0, 0.1) is 11.3 Å². The number of rotatable bonds is 4. The molecule has 22 heavy (non-hydrogen) atoms. The number of hydrogen-bond acceptors (Lipinski definition) is 2. The monoisotopic (exact) mass is 306 g/mol. The molecule has 124 valence electrons. The Morgan fingerprint density at radius 1 is 1.36 bits per heavy atom. The highest BCUT2D eigenvalue weighted by Crippen LogP contribution is 2.48. The smallest absolute Gasteiger partial charge is 0.243 e. The molecule has 1 N–H and O–H groups in total. The molecule has 3 rings (SSSR count). The SMILES string of the molecule is C[C@@H](NC(=NCC(=O)N(C)C)N1CCC2(CCC2)C1)C1CC1. The van der Waals surface area contributed by atoms with E-state index in [1.54, 1.807) is 19.0 Å². The van der Waals surface area contributed by atoms with Crippen LogP contribution in [0.2, 0.25) is 0 Å². The van der Waals surface area contributed by atoms with E-state index < -0.39 is 0 Å². The number of carbonyl (C=O) groups is 1. The zero-order chi connectivity index (χ0) is 15.7. The molecule has 1 amide bonds. The van der Waals surface area contributed by atoms with Crippen LogP contribution >= 0.6 is 0 Å². The van der Waals surface area contributed by atoms with Crippen LogP contribution in [0.4, 0.5) is 0 Å². The Labute approximate surface area is 134 Å². The van der Waals surface area contributed by atoms with Crippen LogP contribution in [-0.2, 0) is 4.79 Å². The molecular formula is C17H30N4O. The van der Waals surface area contributed by atoms with Gasteiger partial charge in [-0.1, -0.05) is 6.42 Å². The van der Waals surface area contributed by atoms with Gasteiger partial charge >= 0.3 is 0 Å². The molecule has 1 saturated heterocycles. The average molecular weight is 306 g/mol. The van der Waals surface area contributed by atoms with Crippen molar-refractivity contribution < 1.29 is 4.79 Å². The molecule has 0 aromatic rings. The lowest BCUT2D eigenvalue weighted by Crippen LogP contribution is -2.46. The molecule has 3 fully saturated rings. The zero-order valence-electron chi connectivity index (χ0n) is 14.3. The first-order valence-electron chi connectivity index (χ1n) is 8.75. The second-order valence-electron chi connectivity index (χ2n) is 7.72. The van der Waals surface area contributed by atoms with Crippen LogP contribution in [-0.4, -0.2) is 61.4 Å². The van der Waals surface area contributed by atoms with Gasteiger partial charge in [0.1, 0.15) is 6.54 Å². The van der Waals surface area contributed by atoms with E-state index in [2.05, 4.69) is 22.1 Å². The van der Waals surface area contributed by atoms with Gasteiger partial charge in [0.25, 0.3) is 0 Å². The molecule has 0 unspecified atom stereocenters. The lowest BCUT2D eigenvalue weighted by Gasteiger charge is -2.38. The normalized spacial score (nSPS) is 25.0. The molecule has 1 atom stereocenters. The Morgan fingerprint density at radius 2 is 2.09 bits per heavy atom. The average Bonchev–Trinajstić information content (AvgIpc) is 3.19. The zero-order valence-corrected chi connectivity index (χ0v) is 14.3. The maximum Gasteiger partial charge on any atom is 0.243 e. The highest BCUT2D eigenvalue weighted by atomic mass is 16.2. The highest BCUT2D eigenvalue weighted by Gasteiger charge is 2.44. The quantitative estimate of drug-likeness (QED) is 0.635. The van der Waals surface area contributed by atoms with Gasteiger partial charge in [0.2, 0.25) is 5.91 Å². The lowest BCUT2D eigenvalue weighted by atomic mass is 9.68. The molecule has 0 bridgehead atoms. The molecule has 1 aliphatic heterocycles. The number of hydrogen-bond donors (Lipinski definition) is 1. The summed E-state index contributed by atoms with van der Waals surface area (Å²) in [5.41, 5.74) is 0.552. The van der Waals surface area contributed by atoms with Crippen molar-refractivity contribution in [2.24, 2.45) is 16.3 Å². The third-order valence-electron chi connectivity index (χ3n) is 5.70. The summed E-state index contributed by atoms with van der Waals surface area (Å²) >= 11 is 0. The van der Waals surface area contributed by atoms with Gasteiger partial charge in [-0.05, 0) is 50.4 Å². The van der Waals surface area contributed by atoms with E-state index in [0.29, 0.717) is 11.5 Å². The molecule has 1 heterocycles. The first-order valence-corrected chi connectivity index (χ1v) is 8.75. The fourth-order valence-corrected chi connectivity index (χ4v) is 3.64. The maximum absolute atomic E-state index is 11.9. The minimum absolute atomic E-state index is 0.0657. The standard InChI is InChI=1S/C17H30N4O/c1-13(14-5-6-14)19-16(18-11-15(22)20(2)3)21-10-9-17(12-21)7-4-8-17/h13-14H,4-12H2,1-3H3,(H,18,19)/t13-/m1/s1. The summed E-state index contributed by atoms with van der Waals surface area (Å²) < 4.78 is 0. The third-order valence-corrected chi connectivity index (χ3v) is 5.70. The van der Waals surface area contributed by atoms with Gasteiger partial charge < -0.3 is 15.1 Å². The van der Waals surface area contributed by atoms with Crippen molar-refractivity contribution >= 4 is 11.9 Å². The molecule has 5 heteroatoms. The van der Waals surface area contributed by atoms with E-state index >= 15 is 0 Å². The predicted octanol–water partition coefficient (Wildman–Crippen LogP) is 1.69. The van der Waals surface area contributed by atoms with Gasteiger partial charge in [-0.2, -0.15) is 0 Å². The summed E-state index contributed by atoms with van der Waals surface area (Å²) in [5.74, 6) is 1.81. The van der Waals surface area contributed by atoms with Gasteiger partial charge in [0.05, 0.1) is 0 Å². The number of likely N-dealkylation sites (N-methyl/N-ethyl adjacent to an activating group) is 1. The van der Waals surface area contributed by atoms with E-state index in [4.69, 9.17) is 0 Å². The van der Waals surface area contributed by atoms with Gasteiger partial charge in [-0.3, -0.25) is 4.79 Å². The van der Waals surface area contributed by atoms with Crippen LogP contribution in [0.5, 0.6) is 0 Å². The first kappa shape index (κ1) is 15.6. The third kappa shape index (κ3) is 3.39. The summed E-state index contributed by atoms with van der Waals surface area (Å²) in [5, 5.41) is 3.61. The molecule has 2 saturated carbocycles. The largest absolute Gasteiger partial charge is 0.353 e. The molecule has 0 radical (unpaired) electrons.